The maximum absolute atomic E-state index is 11.5. The van der Waals surface area contributed by atoms with Crippen LogP contribution in [0, 0.1) is 27.9 Å². The number of nitrogens with one attached hydrogen (secondary N) is 1. The van der Waals surface area contributed by atoms with Gasteiger partial charge in [0.25, 0.3) is 5.69 Å². The topological polar surface area (TPSA) is 55.2 Å². The van der Waals surface area contributed by atoms with Gasteiger partial charge < -0.3 is 5.32 Å². The Morgan fingerprint density at radius 2 is 1.53 bits per heavy atom. The normalized spacial score (nSPS) is 27.8. The van der Waals surface area contributed by atoms with Crippen molar-refractivity contribution in [2.45, 2.75) is 31.2 Å². The zero-order valence-electron chi connectivity index (χ0n) is 17.7. The fourth-order valence-corrected chi connectivity index (χ4v) is 7.26. The number of anilines is 1. The van der Waals surface area contributed by atoms with Gasteiger partial charge in [-0.1, -0.05) is 48.5 Å². The molecule has 0 saturated heterocycles. The third-order valence-corrected chi connectivity index (χ3v) is 8.41. The lowest BCUT2D eigenvalue weighted by molar-refractivity contribution is -0.384. The second-order valence-corrected chi connectivity index (χ2v) is 9.82. The molecule has 32 heavy (non-hydrogen) atoms. The Morgan fingerprint density at radius 1 is 0.844 bits per heavy atom. The van der Waals surface area contributed by atoms with Gasteiger partial charge in [0.2, 0.25) is 0 Å². The molecule has 0 radical (unpaired) electrons. The second-order valence-electron chi connectivity index (χ2n) is 9.82. The number of hydrogen-bond acceptors (Lipinski definition) is 3. The number of benzene rings is 4. The molecule has 0 aromatic heterocycles. The Bertz CT molecular complexity index is 1360. The predicted octanol–water partition coefficient (Wildman–Crippen LogP) is 7.20. The van der Waals surface area contributed by atoms with Crippen LogP contribution in [0.25, 0.3) is 21.5 Å². The zero-order chi connectivity index (χ0) is 21.4. The van der Waals surface area contributed by atoms with Crippen LogP contribution in [0.2, 0.25) is 0 Å². The molecule has 2 aliphatic carbocycles. The molecular formula is C28H24N2O2. The molecule has 0 spiro atoms. The van der Waals surface area contributed by atoms with Crippen LogP contribution in [-0.4, -0.2) is 4.92 Å². The van der Waals surface area contributed by atoms with E-state index in [0.717, 1.165) is 11.3 Å². The van der Waals surface area contributed by atoms with E-state index in [9.17, 15) is 10.1 Å². The minimum absolute atomic E-state index is 0.209. The van der Waals surface area contributed by atoms with E-state index in [4.69, 9.17) is 0 Å². The van der Waals surface area contributed by atoms with Crippen molar-refractivity contribution in [3.8, 4) is 0 Å². The average Bonchev–Trinajstić information content (AvgIpc) is 3.44. The van der Waals surface area contributed by atoms with Gasteiger partial charge >= 0.3 is 0 Å². The van der Waals surface area contributed by atoms with Crippen LogP contribution in [0.4, 0.5) is 11.4 Å². The minimum Gasteiger partial charge on any atom is -0.378 e. The lowest BCUT2D eigenvalue weighted by Gasteiger charge is -2.44. The van der Waals surface area contributed by atoms with Crippen molar-refractivity contribution in [1.29, 1.82) is 0 Å². The Labute approximate surface area is 186 Å². The molecule has 2 fully saturated rings. The number of non-ortho nitro benzene ring substituents is 1. The van der Waals surface area contributed by atoms with Crippen molar-refractivity contribution < 1.29 is 4.92 Å². The van der Waals surface area contributed by atoms with Crippen LogP contribution in [0.3, 0.4) is 0 Å². The largest absolute Gasteiger partial charge is 0.378 e. The molecule has 1 aliphatic heterocycles. The predicted molar refractivity (Wildman–Crippen MR) is 128 cm³/mol. The first-order valence-corrected chi connectivity index (χ1v) is 11.6. The summed E-state index contributed by atoms with van der Waals surface area (Å²) in [5.41, 5.74) is 3.84. The highest BCUT2D eigenvalue weighted by Crippen LogP contribution is 2.64. The van der Waals surface area contributed by atoms with Gasteiger partial charge in [-0.2, -0.15) is 0 Å². The zero-order valence-corrected chi connectivity index (χ0v) is 17.7. The quantitative estimate of drug-likeness (QED) is 0.212. The summed E-state index contributed by atoms with van der Waals surface area (Å²) in [6.45, 7) is 0. The third-order valence-electron chi connectivity index (χ3n) is 8.41. The molecule has 7 rings (SSSR count). The Morgan fingerprint density at radius 3 is 2.25 bits per heavy atom. The van der Waals surface area contributed by atoms with E-state index in [-0.39, 0.29) is 16.7 Å². The molecule has 5 atom stereocenters. The van der Waals surface area contributed by atoms with Gasteiger partial charge in [0, 0.05) is 17.8 Å². The maximum Gasteiger partial charge on any atom is 0.269 e. The Balaban J connectivity index is 1.50. The molecule has 158 valence electrons. The van der Waals surface area contributed by atoms with Crippen LogP contribution in [0.1, 0.15) is 42.3 Å². The summed E-state index contributed by atoms with van der Waals surface area (Å²) in [7, 11) is 0. The number of nitro benzene ring substituents is 1. The van der Waals surface area contributed by atoms with Crippen molar-refractivity contribution >= 4 is 32.9 Å². The molecule has 2 bridgehead atoms. The standard InChI is InChI=1S/C28H24N2O2/c31-30(32)20-11-12-24-23(15-20)25-18-9-10-19(14-18)26(25)28(29-24)27-21-7-3-1-5-16(21)13-17-6-2-4-8-22(17)27/h1-8,11-13,15,18-19,25-26,28-29H,9-10,14H2/t18-,19-,25-,26+,28-/m0/s1. The summed E-state index contributed by atoms with van der Waals surface area (Å²) in [6, 6.07) is 25.4. The number of fused-ring (bicyclic) bond motifs is 9. The molecule has 1 heterocycles. The summed E-state index contributed by atoms with van der Waals surface area (Å²) >= 11 is 0. The molecule has 4 aromatic rings. The molecule has 4 aromatic carbocycles. The van der Waals surface area contributed by atoms with Gasteiger partial charge in [-0.05, 0) is 87.7 Å². The highest BCUT2D eigenvalue weighted by atomic mass is 16.6. The Kier molecular flexibility index (Phi) is 3.73. The molecule has 0 amide bonds. The molecule has 4 nitrogen and oxygen atoms in total. The van der Waals surface area contributed by atoms with Crippen molar-refractivity contribution in [3.63, 3.8) is 0 Å². The number of rotatable bonds is 2. The van der Waals surface area contributed by atoms with Crippen molar-refractivity contribution in [3.05, 3.63) is 94.0 Å². The van der Waals surface area contributed by atoms with E-state index >= 15 is 0 Å². The molecule has 0 unspecified atom stereocenters. The lowest BCUT2D eigenvalue weighted by atomic mass is 9.67. The van der Waals surface area contributed by atoms with Crippen LogP contribution >= 0.6 is 0 Å². The third kappa shape index (κ3) is 2.44. The van der Waals surface area contributed by atoms with Crippen LogP contribution in [0.5, 0.6) is 0 Å². The van der Waals surface area contributed by atoms with Gasteiger partial charge in [0.15, 0.2) is 0 Å². The van der Waals surface area contributed by atoms with Crippen LogP contribution in [0.15, 0.2) is 72.8 Å². The van der Waals surface area contributed by atoms with E-state index < -0.39 is 0 Å². The first-order valence-electron chi connectivity index (χ1n) is 11.6. The number of nitro groups is 1. The SMILES string of the molecule is O=[N+]([O-])c1ccc2c(c1)[C@@H]1[C@H]3CC[C@@H](C3)[C@H]1[C@@H](c1c3ccccc3cc3ccccc13)N2. The van der Waals surface area contributed by atoms with Crippen molar-refractivity contribution in [2.24, 2.45) is 17.8 Å². The van der Waals surface area contributed by atoms with Gasteiger partial charge in [0.05, 0.1) is 11.0 Å². The summed E-state index contributed by atoms with van der Waals surface area (Å²) in [6.07, 6.45) is 3.77. The first kappa shape index (κ1) is 18.2. The summed E-state index contributed by atoms with van der Waals surface area (Å²) in [4.78, 5) is 11.2. The first-order chi connectivity index (χ1) is 15.7. The summed E-state index contributed by atoms with van der Waals surface area (Å²) in [5.74, 6) is 2.18. The van der Waals surface area contributed by atoms with E-state index in [0.29, 0.717) is 23.7 Å². The average molecular weight is 421 g/mol. The van der Waals surface area contributed by atoms with Gasteiger partial charge in [-0.25, -0.2) is 0 Å². The van der Waals surface area contributed by atoms with E-state index in [2.05, 4.69) is 59.9 Å². The Hall–Kier alpha value is -3.40. The van der Waals surface area contributed by atoms with E-state index in [1.54, 1.807) is 6.07 Å². The highest BCUT2D eigenvalue weighted by molar-refractivity contribution is 6.03. The fourth-order valence-electron chi connectivity index (χ4n) is 7.26. The maximum atomic E-state index is 11.5. The van der Waals surface area contributed by atoms with E-state index in [1.165, 1.54) is 46.4 Å². The molecule has 2 saturated carbocycles. The van der Waals surface area contributed by atoms with E-state index in [1.807, 2.05) is 12.1 Å². The molecule has 1 N–H and O–H groups in total. The smallest absolute Gasteiger partial charge is 0.269 e. The van der Waals surface area contributed by atoms with Crippen molar-refractivity contribution in [2.75, 3.05) is 5.32 Å². The summed E-state index contributed by atoms with van der Waals surface area (Å²) < 4.78 is 0. The van der Waals surface area contributed by atoms with Gasteiger partial charge in [-0.3, -0.25) is 10.1 Å². The van der Waals surface area contributed by atoms with Crippen LogP contribution < -0.4 is 5.32 Å². The van der Waals surface area contributed by atoms with Gasteiger partial charge in [0.1, 0.15) is 0 Å². The molecule has 4 heteroatoms. The number of hydrogen-bond donors (Lipinski definition) is 1. The number of nitrogens with zero attached hydrogens (tertiary/aromatic N) is 1. The highest BCUT2D eigenvalue weighted by Gasteiger charge is 2.54. The second kappa shape index (κ2) is 6.55. The van der Waals surface area contributed by atoms with Crippen LogP contribution in [-0.2, 0) is 0 Å². The lowest BCUT2D eigenvalue weighted by Crippen LogP contribution is -2.35. The minimum atomic E-state index is -0.257. The molecule has 3 aliphatic rings. The monoisotopic (exact) mass is 420 g/mol. The fraction of sp³-hybridized carbons (Fsp3) is 0.286. The summed E-state index contributed by atoms with van der Waals surface area (Å²) in [5, 5.41) is 20.6. The molecular weight excluding hydrogens is 396 g/mol. The van der Waals surface area contributed by atoms with Gasteiger partial charge in [-0.15, -0.1) is 0 Å². The van der Waals surface area contributed by atoms with Crippen molar-refractivity contribution in [1.82, 2.24) is 0 Å².